The summed E-state index contributed by atoms with van der Waals surface area (Å²) in [5.74, 6) is 0. The molecule has 1 heterocycles. The van der Waals surface area contributed by atoms with Gasteiger partial charge in [-0.2, -0.15) is 0 Å². The molecule has 0 radical (unpaired) electrons. The van der Waals surface area contributed by atoms with Crippen LogP contribution in [0.3, 0.4) is 0 Å². The Bertz CT molecular complexity index is 109. The van der Waals surface area contributed by atoms with E-state index in [1.807, 2.05) is 13.8 Å². The summed E-state index contributed by atoms with van der Waals surface area (Å²) >= 11 is 0. The van der Waals surface area contributed by atoms with Gasteiger partial charge >= 0.3 is 6.16 Å². The van der Waals surface area contributed by atoms with Gasteiger partial charge in [0.1, 0.15) is 0 Å². The second-order valence-electron chi connectivity index (χ2n) is 2.28. The van der Waals surface area contributed by atoms with Gasteiger partial charge in [-0.25, -0.2) is 4.79 Å². The monoisotopic (exact) mass is 193 g/mol. The van der Waals surface area contributed by atoms with Gasteiger partial charge in [0.15, 0.2) is 0 Å². The molecule has 1 aliphatic rings. The summed E-state index contributed by atoms with van der Waals surface area (Å²) in [4.78, 5) is 8.56. The Labute approximate surface area is 78.4 Å². The molecule has 4 N–H and O–H groups in total. The van der Waals surface area contributed by atoms with Crippen LogP contribution in [0.25, 0.3) is 0 Å². The molecular weight excluding hydrogens is 174 g/mol. The molecule has 0 aromatic carbocycles. The normalized spacial score (nSPS) is 20.1. The quantitative estimate of drug-likeness (QED) is 0.460. The van der Waals surface area contributed by atoms with Crippen LogP contribution in [0.2, 0.25) is 0 Å². The smallest absolute Gasteiger partial charge is 0.450 e. The Kier molecular flexibility index (Phi) is 12.7. The van der Waals surface area contributed by atoms with Crippen LogP contribution < -0.4 is 5.32 Å². The van der Waals surface area contributed by atoms with Gasteiger partial charge in [-0.1, -0.05) is 13.8 Å². The third kappa shape index (κ3) is 18.3. The van der Waals surface area contributed by atoms with Crippen molar-refractivity contribution in [2.45, 2.75) is 32.8 Å². The summed E-state index contributed by atoms with van der Waals surface area (Å²) in [6.45, 7) is 5.87. The fraction of sp³-hybridized carbons (Fsp3) is 0.875. The van der Waals surface area contributed by atoms with E-state index in [1.165, 1.54) is 0 Å². The molecule has 0 bridgehead atoms. The molecule has 80 valence electrons. The number of hydrogen-bond acceptors (Lipinski definition) is 3. The van der Waals surface area contributed by atoms with E-state index < -0.39 is 6.16 Å². The van der Waals surface area contributed by atoms with Crippen LogP contribution in [0.1, 0.15) is 26.7 Å². The third-order valence-electron chi connectivity index (χ3n) is 1.27. The zero-order valence-electron chi connectivity index (χ0n) is 8.16. The zero-order chi connectivity index (χ0) is 10.7. The van der Waals surface area contributed by atoms with E-state index in [0.717, 1.165) is 25.9 Å². The third-order valence-corrected chi connectivity index (χ3v) is 1.27. The average Bonchev–Trinajstić information content (AvgIpc) is 2.08. The Morgan fingerprint density at radius 3 is 2.00 bits per heavy atom. The minimum absolute atomic E-state index is 0.0752. The molecule has 0 amide bonds. The molecule has 1 aliphatic heterocycles. The molecule has 1 saturated heterocycles. The summed E-state index contributed by atoms with van der Waals surface area (Å²) in [5.41, 5.74) is 0. The second kappa shape index (κ2) is 11.2. The highest BCUT2D eigenvalue weighted by molar-refractivity contribution is 5.53. The number of nitrogens with one attached hydrogen (secondary N) is 1. The molecule has 0 aromatic heterocycles. The molecule has 1 rings (SSSR count). The van der Waals surface area contributed by atoms with Crippen LogP contribution in [0, 0.1) is 0 Å². The minimum Gasteiger partial charge on any atom is -0.450 e. The molecule has 13 heavy (non-hydrogen) atoms. The summed E-state index contributed by atoms with van der Waals surface area (Å²) in [6.07, 6.45) is 0.197. The number of hydrogen-bond donors (Lipinski definition) is 4. The fourth-order valence-corrected chi connectivity index (χ4v) is 0.833. The van der Waals surface area contributed by atoms with Gasteiger partial charge in [0.2, 0.25) is 0 Å². The van der Waals surface area contributed by atoms with Crippen LogP contribution in [0.15, 0.2) is 0 Å². The highest BCUT2D eigenvalue weighted by Crippen LogP contribution is 1.98. The maximum Gasteiger partial charge on any atom is 0.503 e. The van der Waals surface area contributed by atoms with Crippen LogP contribution in [0.5, 0.6) is 0 Å². The van der Waals surface area contributed by atoms with Gasteiger partial charge in [-0.05, 0) is 19.4 Å². The maximum atomic E-state index is 8.85. The van der Waals surface area contributed by atoms with Gasteiger partial charge in [0, 0.05) is 6.54 Å². The first-order chi connectivity index (χ1) is 6.13. The lowest BCUT2D eigenvalue weighted by atomic mass is 10.1. The van der Waals surface area contributed by atoms with Crippen LogP contribution >= 0.6 is 0 Å². The fourth-order valence-electron chi connectivity index (χ4n) is 0.833. The molecule has 5 heteroatoms. The molecular formula is C8H19NO4. The van der Waals surface area contributed by atoms with Crippen molar-refractivity contribution in [1.29, 1.82) is 0 Å². The summed E-state index contributed by atoms with van der Waals surface area (Å²) < 4.78 is 0. The van der Waals surface area contributed by atoms with E-state index in [1.54, 1.807) is 0 Å². The molecule has 0 aliphatic carbocycles. The van der Waals surface area contributed by atoms with Gasteiger partial charge < -0.3 is 20.6 Å². The van der Waals surface area contributed by atoms with Crippen molar-refractivity contribution in [2.75, 3.05) is 13.1 Å². The standard InChI is InChI=1S/C5H11NO.C2H6.CH2O3/c7-5-2-1-3-6-4-5;1-2;2-1(3)4/h5-7H,1-4H2;1-2H3;(H2,2,3,4). The predicted octanol–water partition coefficient (Wildman–Crippen LogP) is 0.979. The van der Waals surface area contributed by atoms with Crippen LogP contribution in [-0.2, 0) is 0 Å². The lowest BCUT2D eigenvalue weighted by Crippen LogP contribution is -2.33. The highest BCUT2D eigenvalue weighted by Gasteiger charge is 2.06. The first kappa shape index (κ1) is 14.7. The van der Waals surface area contributed by atoms with Gasteiger partial charge in [0.25, 0.3) is 0 Å². The Morgan fingerprint density at radius 2 is 1.85 bits per heavy atom. The number of aliphatic hydroxyl groups excluding tert-OH is 1. The lowest BCUT2D eigenvalue weighted by molar-refractivity contribution is 0.136. The molecule has 5 nitrogen and oxygen atoms in total. The van der Waals surface area contributed by atoms with E-state index in [4.69, 9.17) is 20.1 Å². The van der Waals surface area contributed by atoms with Crippen molar-refractivity contribution in [1.82, 2.24) is 5.32 Å². The van der Waals surface area contributed by atoms with Crippen molar-refractivity contribution in [3.63, 3.8) is 0 Å². The summed E-state index contributed by atoms with van der Waals surface area (Å²) in [7, 11) is 0. The van der Waals surface area contributed by atoms with Gasteiger partial charge in [0.05, 0.1) is 6.10 Å². The summed E-state index contributed by atoms with van der Waals surface area (Å²) in [5, 5.41) is 25.9. The maximum absolute atomic E-state index is 8.85. The van der Waals surface area contributed by atoms with Crippen molar-refractivity contribution < 1.29 is 20.1 Å². The Morgan fingerprint density at radius 1 is 1.38 bits per heavy atom. The number of aliphatic hydroxyl groups is 1. The zero-order valence-corrected chi connectivity index (χ0v) is 8.16. The van der Waals surface area contributed by atoms with E-state index in [9.17, 15) is 0 Å². The average molecular weight is 193 g/mol. The van der Waals surface area contributed by atoms with Crippen molar-refractivity contribution in [3.8, 4) is 0 Å². The SMILES string of the molecule is CC.O=C(O)O.OC1CCCNC1. The van der Waals surface area contributed by atoms with Crippen LogP contribution in [0.4, 0.5) is 4.79 Å². The van der Waals surface area contributed by atoms with Crippen molar-refractivity contribution in [2.24, 2.45) is 0 Å². The number of rotatable bonds is 0. The van der Waals surface area contributed by atoms with Gasteiger partial charge in [-0.3, -0.25) is 0 Å². The molecule has 1 fully saturated rings. The van der Waals surface area contributed by atoms with Crippen molar-refractivity contribution >= 4 is 6.16 Å². The second-order valence-corrected chi connectivity index (χ2v) is 2.28. The minimum atomic E-state index is -1.83. The molecule has 0 aromatic rings. The van der Waals surface area contributed by atoms with E-state index in [-0.39, 0.29) is 6.10 Å². The molecule has 1 atom stereocenters. The Balaban J connectivity index is 0. The largest absolute Gasteiger partial charge is 0.503 e. The molecule has 1 unspecified atom stereocenters. The number of piperidine rings is 1. The number of carbonyl (C=O) groups is 1. The molecule has 0 saturated carbocycles. The highest BCUT2D eigenvalue weighted by atomic mass is 16.6. The van der Waals surface area contributed by atoms with Gasteiger partial charge in [-0.15, -0.1) is 0 Å². The number of carboxylic acid groups (broad SMARTS) is 2. The Hall–Kier alpha value is -0.810. The molecule has 0 spiro atoms. The van der Waals surface area contributed by atoms with Crippen LogP contribution in [-0.4, -0.2) is 40.7 Å². The number of β-amino-alcohol motifs (C(OH)–C–C–N with tert-alkyl or cyclic N) is 1. The first-order valence-electron chi connectivity index (χ1n) is 4.43. The summed E-state index contributed by atoms with van der Waals surface area (Å²) in [6, 6.07) is 0. The van der Waals surface area contributed by atoms with E-state index in [2.05, 4.69) is 5.32 Å². The van der Waals surface area contributed by atoms with E-state index in [0.29, 0.717) is 0 Å². The predicted molar refractivity (Wildman–Crippen MR) is 50.1 cm³/mol. The first-order valence-corrected chi connectivity index (χ1v) is 4.43. The lowest BCUT2D eigenvalue weighted by Gasteiger charge is -2.16. The van der Waals surface area contributed by atoms with E-state index >= 15 is 0 Å². The van der Waals surface area contributed by atoms with Crippen molar-refractivity contribution in [3.05, 3.63) is 0 Å². The topological polar surface area (TPSA) is 89.8 Å².